The zero-order valence-corrected chi connectivity index (χ0v) is 13.4. The number of allylic oxidation sites excluding steroid dienone is 1. The van der Waals surface area contributed by atoms with Gasteiger partial charge in [0.25, 0.3) is 5.56 Å². The average molecular weight is 318 g/mol. The number of hydrogen-bond donors (Lipinski definition) is 1. The average Bonchev–Trinajstić information content (AvgIpc) is 2.53. The van der Waals surface area contributed by atoms with Crippen LogP contribution < -0.4 is 10.9 Å². The van der Waals surface area contributed by atoms with Crippen LogP contribution in [0.4, 0.5) is 5.69 Å². The number of aromatic nitrogens is 2. The van der Waals surface area contributed by atoms with Crippen LogP contribution in [0.15, 0.2) is 54.0 Å². The summed E-state index contributed by atoms with van der Waals surface area (Å²) in [7, 11) is 0. The van der Waals surface area contributed by atoms with Gasteiger partial charge in [0, 0.05) is 6.04 Å². The van der Waals surface area contributed by atoms with Gasteiger partial charge in [-0.15, -0.1) is 6.58 Å². The van der Waals surface area contributed by atoms with Gasteiger partial charge < -0.3 is 5.32 Å². The van der Waals surface area contributed by atoms with Crippen LogP contribution in [0.25, 0.3) is 5.69 Å². The van der Waals surface area contributed by atoms with Crippen molar-refractivity contribution in [1.82, 2.24) is 9.78 Å². The maximum absolute atomic E-state index is 12.3. The molecule has 2 aromatic rings. The lowest BCUT2D eigenvalue weighted by Gasteiger charge is -2.16. The monoisotopic (exact) mass is 317 g/mol. The Labute approximate surface area is 135 Å². The molecule has 5 heteroatoms. The number of rotatable bonds is 7. The molecule has 0 aliphatic carbocycles. The number of benzene rings is 1. The second-order valence-electron chi connectivity index (χ2n) is 5.19. The van der Waals surface area contributed by atoms with Crippen molar-refractivity contribution in [2.75, 3.05) is 5.32 Å². The van der Waals surface area contributed by atoms with Crippen molar-refractivity contribution in [2.45, 2.75) is 32.2 Å². The maximum Gasteiger partial charge on any atom is 0.292 e. The Kier molecular flexibility index (Phi) is 5.78. The third-order valence-electron chi connectivity index (χ3n) is 3.37. The molecule has 0 saturated heterocycles. The quantitative estimate of drug-likeness (QED) is 0.619. The molecule has 1 aromatic heterocycles. The van der Waals surface area contributed by atoms with Crippen molar-refractivity contribution >= 4 is 17.3 Å². The number of nitrogens with one attached hydrogen (secondary N) is 1. The molecule has 4 nitrogen and oxygen atoms in total. The Balaban J connectivity index is 2.17. The summed E-state index contributed by atoms with van der Waals surface area (Å²) in [5.41, 5.74) is 0.945. The summed E-state index contributed by atoms with van der Waals surface area (Å²) in [6.45, 7) is 5.77. The van der Waals surface area contributed by atoms with Crippen LogP contribution in [0.2, 0.25) is 5.02 Å². The van der Waals surface area contributed by atoms with E-state index in [0.29, 0.717) is 11.4 Å². The van der Waals surface area contributed by atoms with Crippen LogP contribution in [0.5, 0.6) is 0 Å². The van der Waals surface area contributed by atoms with E-state index in [1.807, 2.05) is 36.4 Å². The van der Waals surface area contributed by atoms with Crippen molar-refractivity contribution in [2.24, 2.45) is 0 Å². The topological polar surface area (TPSA) is 46.9 Å². The Morgan fingerprint density at radius 3 is 2.82 bits per heavy atom. The van der Waals surface area contributed by atoms with Crippen LogP contribution in [-0.4, -0.2) is 15.8 Å². The largest absolute Gasteiger partial charge is 0.380 e. The first-order chi connectivity index (χ1) is 10.6. The summed E-state index contributed by atoms with van der Waals surface area (Å²) in [5, 5.41) is 7.61. The van der Waals surface area contributed by atoms with Crippen LogP contribution >= 0.6 is 11.6 Å². The molecule has 116 valence electrons. The number of para-hydroxylation sites is 1. The molecule has 0 saturated carbocycles. The highest BCUT2D eigenvalue weighted by atomic mass is 35.5. The molecule has 22 heavy (non-hydrogen) atoms. The summed E-state index contributed by atoms with van der Waals surface area (Å²) in [4.78, 5) is 12.3. The van der Waals surface area contributed by atoms with Gasteiger partial charge in [0.2, 0.25) is 0 Å². The number of halogens is 1. The minimum absolute atomic E-state index is 0.162. The van der Waals surface area contributed by atoms with Gasteiger partial charge in [0.05, 0.1) is 17.6 Å². The molecule has 0 bridgehead atoms. The predicted octanol–water partition coefficient (Wildman–Crippen LogP) is 4.04. The Morgan fingerprint density at radius 2 is 2.14 bits per heavy atom. The van der Waals surface area contributed by atoms with Gasteiger partial charge >= 0.3 is 0 Å². The molecule has 0 amide bonds. The van der Waals surface area contributed by atoms with Crippen LogP contribution in [0, 0.1) is 0 Å². The molecule has 1 atom stereocenters. The third kappa shape index (κ3) is 3.98. The highest BCUT2D eigenvalue weighted by Gasteiger charge is 2.12. The van der Waals surface area contributed by atoms with Gasteiger partial charge in [-0.2, -0.15) is 9.78 Å². The van der Waals surface area contributed by atoms with E-state index in [0.717, 1.165) is 19.3 Å². The van der Waals surface area contributed by atoms with E-state index in [-0.39, 0.29) is 16.6 Å². The molecule has 0 fully saturated rings. The Bertz CT molecular complexity index is 682. The molecule has 1 unspecified atom stereocenters. The minimum Gasteiger partial charge on any atom is -0.380 e. The molecule has 0 radical (unpaired) electrons. The first-order valence-electron chi connectivity index (χ1n) is 7.34. The van der Waals surface area contributed by atoms with Gasteiger partial charge in [-0.05, 0) is 38.3 Å². The van der Waals surface area contributed by atoms with Crippen molar-refractivity contribution < 1.29 is 0 Å². The zero-order chi connectivity index (χ0) is 15.9. The summed E-state index contributed by atoms with van der Waals surface area (Å²) >= 11 is 6.20. The Hall–Kier alpha value is -2.07. The summed E-state index contributed by atoms with van der Waals surface area (Å²) in [6, 6.07) is 9.44. The Morgan fingerprint density at radius 1 is 1.41 bits per heavy atom. The predicted molar refractivity (Wildman–Crippen MR) is 92.0 cm³/mol. The van der Waals surface area contributed by atoms with E-state index in [9.17, 15) is 4.79 Å². The maximum atomic E-state index is 12.3. The van der Waals surface area contributed by atoms with Gasteiger partial charge in [-0.25, -0.2) is 0 Å². The highest BCUT2D eigenvalue weighted by molar-refractivity contribution is 6.32. The summed E-state index contributed by atoms with van der Waals surface area (Å²) in [5.74, 6) is 0. The van der Waals surface area contributed by atoms with E-state index in [1.54, 1.807) is 6.20 Å². The molecular formula is C17H20ClN3O. The molecule has 2 rings (SSSR count). The first kappa shape index (κ1) is 16.3. The number of hydrogen-bond acceptors (Lipinski definition) is 3. The molecular weight excluding hydrogens is 298 g/mol. The zero-order valence-electron chi connectivity index (χ0n) is 12.6. The van der Waals surface area contributed by atoms with Crippen LogP contribution in [-0.2, 0) is 0 Å². The fraction of sp³-hybridized carbons (Fsp3) is 0.294. The molecule has 1 N–H and O–H groups in total. The SMILES string of the molecule is C=CCCCC(C)Nc1cnn(-c2ccccc2)c(=O)c1Cl. The third-order valence-corrected chi connectivity index (χ3v) is 3.73. The smallest absolute Gasteiger partial charge is 0.292 e. The molecule has 0 aliphatic heterocycles. The molecule has 0 spiro atoms. The van der Waals surface area contributed by atoms with Gasteiger partial charge in [0.1, 0.15) is 5.02 Å². The van der Waals surface area contributed by atoms with E-state index in [4.69, 9.17) is 11.6 Å². The molecule has 1 heterocycles. The van der Waals surface area contributed by atoms with E-state index < -0.39 is 0 Å². The lowest BCUT2D eigenvalue weighted by molar-refractivity contribution is 0.661. The van der Waals surface area contributed by atoms with Crippen molar-refractivity contribution in [1.29, 1.82) is 0 Å². The van der Waals surface area contributed by atoms with Crippen LogP contribution in [0.1, 0.15) is 26.2 Å². The van der Waals surface area contributed by atoms with E-state index in [1.165, 1.54) is 4.68 Å². The van der Waals surface area contributed by atoms with Crippen LogP contribution in [0.3, 0.4) is 0 Å². The van der Waals surface area contributed by atoms with E-state index >= 15 is 0 Å². The number of nitrogens with zero attached hydrogens (tertiary/aromatic N) is 2. The summed E-state index contributed by atoms with van der Waals surface area (Å²) < 4.78 is 1.30. The van der Waals surface area contributed by atoms with Crippen molar-refractivity contribution in [3.8, 4) is 5.69 Å². The van der Waals surface area contributed by atoms with Gasteiger partial charge in [-0.1, -0.05) is 35.9 Å². The minimum atomic E-state index is -0.323. The summed E-state index contributed by atoms with van der Waals surface area (Å²) in [6.07, 6.45) is 6.50. The number of unbranched alkanes of at least 4 members (excludes halogenated alkanes) is 1. The lowest BCUT2D eigenvalue weighted by atomic mass is 10.1. The van der Waals surface area contributed by atoms with Gasteiger partial charge in [-0.3, -0.25) is 4.79 Å². The van der Waals surface area contributed by atoms with E-state index in [2.05, 4.69) is 23.9 Å². The second kappa shape index (κ2) is 7.80. The molecule has 1 aromatic carbocycles. The first-order valence-corrected chi connectivity index (χ1v) is 7.72. The lowest BCUT2D eigenvalue weighted by Crippen LogP contribution is -2.24. The second-order valence-corrected chi connectivity index (χ2v) is 5.57. The normalized spacial score (nSPS) is 11.9. The fourth-order valence-corrected chi connectivity index (χ4v) is 2.38. The number of anilines is 1. The van der Waals surface area contributed by atoms with Crippen molar-refractivity contribution in [3.05, 3.63) is 64.6 Å². The van der Waals surface area contributed by atoms with Crippen molar-refractivity contribution in [3.63, 3.8) is 0 Å². The molecule has 0 aliphatic rings. The standard InChI is InChI=1S/C17H20ClN3O/c1-3-4-6-9-13(2)20-15-12-19-21(17(22)16(15)18)14-10-7-5-8-11-14/h3,5,7-8,10-13,20H,1,4,6,9H2,2H3. The fourth-order valence-electron chi connectivity index (χ4n) is 2.19. The van der Waals surface area contributed by atoms with Gasteiger partial charge in [0.15, 0.2) is 0 Å². The highest BCUT2D eigenvalue weighted by Crippen LogP contribution is 2.18.